The van der Waals surface area contributed by atoms with Gasteiger partial charge in [-0.3, -0.25) is 9.78 Å². The molecule has 2 rings (SSSR count). The van der Waals surface area contributed by atoms with E-state index >= 15 is 0 Å². The number of benzene rings is 1. The molecule has 3 heteroatoms. The first-order valence-corrected chi connectivity index (χ1v) is 5.88. The Hall–Kier alpha value is -2.16. The molecule has 0 saturated carbocycles. The highest BCUT2D eigenvalue weighted by Crippen LogP contribution is 2.20. The van der Waals surface area contributed by atoms with Gasteiger partial charge >= 0.3 is 0 Å². The molecule has 0 bridgehead atoms. The topological polar surface area (TPSA) is 42.0 Å². The maximum Gasteiger partial charge on any atom is 0.255 e. The molecule has 0 saturated heterocycles. The zero-order valence-electron chi connectivity index (χ0n) is 10.8. The fourth-order valence-electron chi connectivity index (χ4n) is 1.88. The highest BCUT2D eigenvalue weighted by atomic mass is 16.1. The van der Waals surface area contributed by atoms with Crippen molar-refractivity contribution in [2.75, 3.05) is 5.32 Å². The van der Waals surface area contributed by atoms with Crippen LogP contribution in [0.5, 0.6) is 0 Å². The minimum absolute atomic E-state index is 0.0992. The van der Waals surface area contributed by atoms with Crippen LogP contribution in [0.3, 0.4) is 0 Å². The zero-order valence-corrected chi connectivity index (χ0v) is 10.8. The summed E-state index contributed by atoms with van der Waals surface area (Å²) in [6.45, 7) is 5.84. The fourth-order valence-corrected chi connectivity index (χ4v) is 1.88. The molecule has 0 atom stereocenters. The maximum absolute atomic E-state index is 12.1. The Balaban J connectivity index is 2.27. The predicted molar refractivity (Wildman–Crippen MR) is 72.8 cm³/mol. The molecule has 0 aliphatic rings. The average Bonchev–Trinajstić information content (AvgIpc) is 2.34. The Morgan fingerprint density at radius 2 is 1.78 bits per heavy atom. The smallest absolute Gasteiger partial charge is 0.255 e. The molecular formula is C15H16N2O. The van der Waals surface area contributed by atoms with Crippen molar-refractivity contribution in [3.63, 3.8) is 0 Å². The molecule has 1 N–H and O–H groups in total. The third kappa shape index (κ3) is 2.56. The Labute approximate surface area is 107 Å². The number of hydrogen-bond donors (Lipinski definition) is 1. The standard InChI is InChI=1S/C15H16N2O/c1-10-5-4-6-11(2)14(10)17-15(18)13-7-8-16-12(3)9-13/h4-9H,1-3H3,(H,17,18). The van der Waals surface area contributed by atoms with Gasteiger partial charge in [-0.15, -0.1) is 0 Å². The van der Waals surface area contributed by atoms with E-state index < -0.39 is 0 Å². The normalized spacial score (nSPS) is 10.2. The molecule has 0 aliphatic heterocycles. The summed E-state index contributed by atoms with van der Waals surface area (Å²) in [6.07, 6.45) is 1.65. The van der Waals surface area contributed by atoms with Crippen LogP contribution in [0.1, 0.15) is 27.2 Å². The van der Waals surface area contributed by atoms with E-state index in [0.29, 0.717) is 5.56 Å². The number of amides is 1. The van der Waals surface area contributed by atoms with Crippen molar-refractivity contribution in [1.82, 2.24) is 4.98 Å². The van der Waals surface area contributed by atoms with Gasteiger partial charge in [0, 0.05) is 23.1 Å². The predicted octanol–water partition coefficient (Wildman–Crippen LogP) is 3.26. The first-order valence-electron chi connectivity index (χ1n) is 5.88. The third-order valence-corrected chi connectivity index (χ3v) is 2.88. The summed E-state index contributed by atoms with van der Waals surface area (Å²) in [5.74, 6) is -0.0992. The van der Waals surface area contributed by atoms with Crippen LogP contribution in [0, 0.1) is 20.8 Å². The van der Waals surface area contributed by atoms with Crippen LogP contribution < -0.4 is 5.32 Å². The molecular weight excluding hydrogens is 224 g/mol. The molecule has 1 heterocycles. The van der Waals surface area contributed by atoms with Crippen molar-refractivity contribution in [3.8, 4) is 0 Å². The molecule has 92 valence electrons. The first-order chi connectivity index (χ1) is 8.58. The van der Waals surface area contributed by atoms with E-state index in [1.54, 1.807) is 18.3 Å². The van der Waals surface area contributed by atoms with Gasteiger partial charge in [0.15, 0.2) is 0 Å². The average molecular weight is 240 g/mol. The van der Waals surface area contributed by atoms with Crippen LogP contribution >= 0.6 is 0 Å². The molecule has 0 spiro atoms. The summed E-state index contributed by atoms with van der Waals surface area (Å²) >= 11 is 0. The number of hydrogen-bond acceptors (Lipinski definition) is 2. The lowest BCUT2D eigenvalue weighted by Crippen LogP contribution is -2.14. The van der Waals surface area contributed by atoms with E-state index in [0.717, 1.165) is 22.5 Å². The number of anilines is 1. The van der Waals surface area contributed by atoms with Crippen molar-refractivity contribution in [2.24, 2.45) is 0 Å². The molecule has 1 aromatic carbocycles. The fraction of sp³-hybridized carbons (Fsp3) is 0.200. The molecule has 2 aromatic rings. The second-order valence-electron chi connectivity index (χ2n) is 4.41. The molecule has 0 radical (unpaired) electrons. The van der Waals surface area contributed by atoms with E-state index in [4.69, 9.17) is 0 Å². The highest BCUT2D eigenvalue weighted by molar-refractivity contribution is 6.05. The maximum atomic E-state index is 12.1. The van der Waals surface area contributed by atoms with Crippen LogP contribution in [-0.2, 0) is 0 Å². The summed E-state index contributed by atoms with van der Waals surface area (Å²) < 4.78 is 0. The van der Waals surface area contributed by atoms with Gasteiger partial charge in [-0.2, -0.15) is 0 Å². The van der Waals surface area contributed by atoms with E-state index in [1.807, 2.05) is 39.0 Å². The molecule has 18 heavy (non-hydrogen) atoms. The number of rotatable bonds is 2. The molecule has 1 amide bonds. The largest absolute Gasteiger partial charge is 0.322 e. The number of para-hydroxylation sites is 1. The van der Waals surface area contributed by atoms with Crippen molar-refractivity contribution in [3.05, 3.63) is 58.9 Å². The van der Waals surface area contributed by atoms with Gasteiger partial charge < -0.3 is 5.32 Å². The molecule has 0 unspecified atom stereocenters. The van der Waals surface area contributed by atoms with E-state index in [1.165, 1.54) is 0 Å². The Bertz CT molecular complexity index is 571. The summed E-state index contributed by atoms with van der Waals surface area (Å²) in [7, 11) is 0. The van der Waals surface area contributed by atoms with Crippen molar-refractivity contribution in [1.29, 1.82) is 0 Å². The van der Waals surface area contributed by atoms with Gasteiger partial charge in [0.2, 0.25) is 0 Å². The van der Waals surface area contributed by atoms with Crippen LogP contribution in [0.25, 0.3) is 0 Å². The van der Waals surface area contributed by atoms with Crippen molar-refractivity contribution < 1.29 is 4.79 Å². The van der Waals surface area contributed by atoms with Gasteiger partial charge in [0.05, 0.1) is 0 Å². The number of nitrogens with zero attached hydrogens (tertiary/aromatic N) is 1. The Morgan fingerprint density at radius 3 is 2.39 bits per heavy atom. The second-order valence-corrected chi connectivity index (χ2v) is 4.41. The van der Waals surface area contributed by atoms with Gasteiger partial charge in [-0.1, -0.05) is 18.2 Å². The SMILES string of the molecule is Cc1cc(C(=O)Nc2c(C)cccc2C)ccn1. The summed E-state index contributed by atoms with van der Waals surface area (Å²) in [5, 5.41) is 2.96. The van der Waals surface area contributed by atoms with Gasteiger partial charge in [-0.05, 0) is 44.0 Å². The number of aromatic nitrogens is 1. The Morgan fingerprint density at radius 1 is 1.11 bits per heavy atom. The van der Waals surface area contributed by atoms with Gasteiger partial charge in [0.25, 0.3) is 5.91 Å². The highest BCUT2D eigenvalue weighted by Gasteiger charge is 2.09. The lowest BCUT2D eigenvalue weighted by molar-refractivity contribution is 0.102. The molecule has 3 nitrogen and oxygen atoms in total. The van der Waals surface area contributed by atoms with Crippen LogP contribution in [0.2, 0.25) is 0 Å². The first kappa shape index (κ1) is 12.3. The van der Waals surface area contributed by atoms with Crippen LogP contribution in [0.15, 0.2) is 36.5 Å². The number of carbonyl (C=O) groups excluding carboxylic acids is 1. The minimum Gasteiger partial charge on any atom is -0.322 e. The van der Waals surface area contributed by atoms with Crippen LogP contribution in [0.4, 0.5) is 5.69 Å². The summed E-state index contributed by atoms with van der Waals surface area (Å²) in [4.78, 5) is 16.2. The molecule has 0 fully saturated rings. The third-order valence-electron chi connectivity index (χ3n) is 2.88. The van der Waals surface area contributed by atoms with E-state index in [9.17, 15) is 4.79 Å². The summed E-state index contributed by atoms with van der Waals surface area (Å²) in [6, 6.07) is 9.45. The van der Waals surface area contributed by atoms with Gasteiger partial charge in [0.1, 0.15) is 0 Å². The van der Waals surface area contributed by atoms with Crippen molar-refractivity contribution >= 4 is 11.6 Å². The number of carbonyl (C=O) groups is 1. The molecule has 0 aliphatic carbocycles. The Kier molecular flexibility index (Phi) is 3.42. The van der Waals surface area contributed by atoms with Gasteiger partial charge in [-0.25, -0.2) is 0 Å². The summed E-state index contributed by atoms with van der Waals surface area (Å²) in [5.41, 5.74) is 4.48. The lowest BCUT2D eigenvalue weighted by Gasteiger charge is -2.11. The number of nitrogens with one attached hydrogen (secondary N) is 1. The minimum atomic E-state index is -0.0992. The monoisotopic (exact) mass is 240 g/mol. The zero-order chi connectivity index (χ0) is 13.1. The molecule has 1 aromatic heterocycles. The number of aryl methyl sites for hydroxylation is 3. The van der Waals surface area contributed by atoms with E-state index in [2.05, 4.69) is 10.3 Å². The quantitative estimate of drug-likeness (QED) is 0.875. The second kappa shape index (κ2) is 5.00. The van der Waals surface area contributed by atoms with Crippen molar-refractivity contribution in [2.45, 2.75) is 20.8 Å². The number of pyridine rings is 1. The lowest BCUT2D eigenvalue weighted by atomic mass is 10.1. The van der Waals surface area contributed by atoms with Crippen LogP contribution in [-0.4, -0.2) is 10.9 Å². The van der Waals surface area contributed by atoms with E-state index in [-0.39, 0.29) is 5.91 Å².